The third kappa shape index (κ3) is 8.23. The highest BCUT2D eigenvalue weighted by atomic mass is 127. The van der Waals surface area contributed by atoms with E-state index in [0.717, 1.165) is 57.6 Å². The van der Waals surface area contributed by atoms with Gasteiger partial charge in [-0.05, 0) is 24.6 Å². The van der Waals surface area contributed by atoms with Crippen LogP contribution in [0.25, 0.3) is 0 Å². The molecule has 1 saturated heterocycles. The highest BCUT2D eigenvalue weighted by Gasteiger charge is 2.21. The maximum atomic E-state index is 5.39. The molecule has 0 saturated carbocycles. The maximum absolute atomic E-state index is 5.39. The van der Waals surface area contributed by atoms with Gasteiger partial charge in [0.15, 0.2) is 5.96 Å². The first-order valence-electron chi connectivity index (χ1n) is 9.52. The number of ether oxygens (including phenoxy) is 2. The molecule has 1 heterocycles. The number of nitrogens with zero attached hydrogens (tertiary/aromatic N) is 2. The summed E-state index contributed by atoms with van der Waals surface area (Å²) in [5.74, 6) is 1.76. The summed E-state index contributed by atoms with van der Waals surface area (Å²) in [7, 11) is 1.70. The molecular formula is C20H35IN4O2. The molecular weight excluding hydrogens is 455 g/mol. The third-order valence-corrected chi connectivity index (χ3v) is 4.65. The number of aliphatic imine (C=N–C) groups is 1. The predicted molar refractivity (Wildman–Crippen MR) is 123 cm³/mol. The number of nitrogens with one attached hydrogen (secondary N) is 2. The molecule has 0 unspecified atom stereocenters. The van der Waals surface area contributed by atoms with Gasteiger partial charge in [-0.2, -0.15) is 0 Å². The second kappa shape index (κ2) is 12.4. The summed E-state index contributed by atoms with van der Waals surface area (Å²) < 4.78 is 10.7. The molecule has 0 atom stereocenters. The molecule has 1 aromatic rings. The average Bonchev–Trinajstić information content (AvgIpc) is 2.67. The Morgan fingerprint density at radius 2 is 2.00 bits per heavy atom. The maximum Gasteiger partial charge on any atom is 0.191 e. The van der Waals surface area contributed by atoms with Crippen molar-refractivity contribution in [2.45, 2.75) is 26.2 Å². The minimum absolute atomic E-state index is 0. The van der Waals surface area contributed by atoms with Gasteiger partial charge < -0.3 is 20.1 Å². The normalized spacial score (nSPS) is 15.8. The van der Waals surface area contributed by atoms with Crippen LogP contribution in [-0.2, 0) is 10.2 Å². The number of halogens is 1. The van der Waals surface area contributed by atoms with Crippen LogP contribution < -0.4 is 15.4 Å². The summed E-state index contributed by atoms with van der Waals surface area (Å²) in [6, 6.07) is 8.23. The fourth-order valence-corrected chi connectivity index (χ4v) is 2.91. The van der Waals surface area contributed by atoms with Crippen molar-refractivity contribution in [2.75, 3.05) is 59.6 Å². The van der Waals surface area contributed by atoms with Crippen molar-refractivity contribution < 1.29 is 9.47 Å². The zero-order valence-electron chi connectivity index (χ0n) is 17.1. The summed E-state index contributed by atoms with van der Waals surface area (Å²) in [5.41, 5.74) is 1.16. The van der Waals surface area contributed by atoms with Crippen LogP contribution in [0, 0.1) is 0 Å². The van der Waals surface area contributed by atoms with Crippen molar-refractivity contribution >= 4 is 29.9 Å². The molecule has 1 aromatic carbocycles. The summed E-state index contributed by atoms with van der Waals surface area (Å²) in [5, 5.41) is 6.78. The Balaban J connectivity index is 0.00000364. The first-order chi connectivity index (χ1) is 12.5. The van der Waals surface area contributed by atoms with Crippen LogP contribution in [-0.4, -0.2) is 70.5 Å². The Kier molecular flexibility index (Phi) is 11.0. The Morgan fingerprint density at radius 3 is 2.67 bits per heavy atom. The Labute approximate surface area is 181 Å². The number of hydrogen-bond acceptors (Lipinski definition) is 4. The summed E-state index contributed by atoms with van der Waals surface area (Å²) in [6.45, 7) is 13.6. The van der Waals surface area contributed by atoms with Crippen LogP contribution >= 0.6 is 24.0 Å². The first kappa shape index (κ1) is 24.0. The molecule has 0 radical (unpaired) electrons. The van der Waals surface area contributed by atoms with Gasteiger partial charge in [-0.25, -0.2) is 0 Å². The van der Waals surface area contributed by atoms with Gasteiger partial charge >= 0.3 is 0 Å². The molecule has 0 bridgehead atoms. The van der Waals surface area contributed by atoms with Crippen molar-refractivity contribution in [1.29, 1.82) is 0 Å². The van der Waals surface area contributed by atoms with Crippen molar-refractivity contribution in [3.05, 3.63) is 29.8 Å². The molecule has 2 rings (SSSR count). The number of morpholine rings is 1. The topological polar surface area (TPSA) is 58.1 Å². The Morgan fingerprint density at radius 1 is 1.26 bits per heavy atom. The SMILES string of the molecule is CCNC(=NCC(C)(C)c1cccc(OC)c1)NCCN1CCOCC1.I. The molecule has 6 nitrogen and oxygen atoms in total. The van der Waals surface area contributed by atoms with E-state index in [4.69, 9.17) is 14.5 Å². The fraction of sp³-hybridized carbons (Fsp3) is 0.650. The van der Waals surface area contributed by atoms with E-state index < -0.39 is 0 Å². The second-order valence-corrected chi connectivity index (χ2v) is 7.19. The minimum atomic E-state index is -0.0684. The lowest BCUT2D eigenvalue weighted by atomic mass is 9.85. The molecule has 2 N–H and O–H groups in total. The van der Waals surface area contributed by atoms with Crippen molar-refractivity contribution in [3.63, 3.8) is 0 Å². The summed E-state index contributed by atoms with van der Waals surface area (Å²) in [4.78, 5) is 7.23. The largest absolute Gasteiger partial charge is 0.497 e. The number of methoxy groups -OCH3 is 1. The Bertz CT molecular complexity index is 575. The quantitative estimate of drug-likeness (QED) is 0.333. The molecule has 0 aromatic heterocycles. The van der Waals surface area contributed by atoms with Crippen LogP contribution in [0.3, 0.4) is 0 Å². The molecule has 154 valence electrons. The number of benzene rings is 1. The molecule has 1 aliphatic rings. The third-order valence-electron chi connectivity index (χ3n) is 4.65. The number of guanidine groups is 1. The van der Waals surface area contributed by atoms with E-state index in [2.05, 4.69) is 48.4 Å². The lowest BCUT2D eigenvalue weighted by molar-refractivity contribution is 0.0389. The minimum Gasteiger partial charge on any atom is -0.497 e. The van der Waals surface area contributed by atoms with E-state index in [9.17, 15) is 0 Å². The van der Waals surface area contributed by atoms with Gasteiger partial charge in [0.1, 0.15) is 5.75 Å². The lowest BCUT2D eigenvalue weighted by Gasteiger charge is -2.27. The van der Waals surface area contributed by atoms with Gasteiger partial charge in [0.25, 0.3) is 0 Å². The highest BCUT2D eigenvalue weighted by Crippen LogP contribution is 2.26. The van der Waals surface area contributed by atoms with E-state index in [1.807, 2.05) is 12.1 Å². The number of rotatable bonds is 8. The van der Waals surface area contributed by atoms with Gasteiger partial charge in [0.05, 0.1) is 26.9 Å². The molecule has 7 heteroatoms. The van der Waals surface area contributed by atoms with Gasteiger partial charge in [-0.3, -0.25) is 9.89 Å². The van der Waals surface area contributed by atoms with Crippen LogP contribution in [0.4, 0.5) is 0 Å². The summed E-state index contributed by atoms with van der Waals surface area (Å²) in [6.07, 6.45) is 0. The molecule has 0 aliphatic carbocycles. The van der Waals surface area contributed by atoms with E-state index >= 15 is 0 Å². The highest BCUT2D eigenvalue weighted by molar-refractivity contribution is 14.0. The van der Waals surface area contributed by atoms with Gasteiger partial charge in [0, 0.05) is 38.1 Å². The van der Waals surface area contributed by atoms with Crippen LogP contribution in [0.1, 0.15) is 26.3 Å². The van der Waals surface area contributed by atoms with Gasteiger partial charge in [-0.15, -0.1) is 24.0 Å². The van der Waals surface area contributed by atoms with E-state index in [1.165, 1.54) is 5.56 Å². The molecule has 27 heavy (non-hydrogen) atoms. The molecule has 0 amide bonds. The average molecular weight is 490 g/mol. The molecule has 0 spiro atoms. The van der Waals surface area contributed by atoms with Crippen LogP contribution in [0.2, 0.25) is 0 Å². The summed E-state index contributed by atoms with van der Waals surface area (Å²) >= 11 is 0. The first-order valence-corrected chi connectivity index (χ1v) is 9.52. The van der Waals surface area contributed by atoms with Crippen LogP contribution in [0.15, 0.2) is 29.3 Å². The van der Waals surface area contributed by atoms with Gasteiger partial charge in [-0.1, -0.05) is 26.0 Å². The standard InChI is InChI=1S/C20H34N4O2.HI/c1-5-21-19(22-9-10-24-11-13-26-14-12-24)23-16-20(2,3)17-7-6-8-18(15-17)25-4;/h6-8,15H,5,9-14,16H2,1-4H3,(H2,21,22,23);1H. The zero-order valence-corrected chi connectivity index (χ0v) is 19.4. The Hall–Kier alpha value is -1.06. The molecule has 1 fully saturated rings. The van der Waals surface area contributed by atoms with E-state index in [-0.39, 0.29) is 29.4 Å². The second-order valence-electron chi connectivity index (χ2n) is 7.19. The van der Waals surface area contributed by atoms with Crippen molar-refractivity contribution in [1.82, 2.24) is 15.5 Å². The van der Waals surface area contributed by atoms with Crippen molar-refractivity contribution in [2.24, 2.45) is 4.99 Å². The zero-order chi connectivity index (χ0) is 18.8. The van der Waals surface area contributed by atoms with Gasteiger partial charge in [0.2, 0.25) is 0 Å². The predicted octanol–water partition coefficient (Wildman–Crippen LogP) is 2.48. The molecule has 1 aliphatic heterocycles. The van der Waals surface area contributed by atoms with Crippen molar-refractivity contribution in [3.8, 4) is 5.75 Å². The van der Waals surface area contributed by atoms with Crippen LogP contribution in [0.5, 0.6) is 5.75 Å². The van der Waals surface area contributed by atoms with E-state index in [1.54, 1.807) is 7.11 Å². The lowest BCUT2D eigenvalue weighted by Crippen LogP contribution is -2.44. The number of hydrogen-bond donors (Lipinski definition) is 2. The fourth-order valence-electron chi connectivity index (χ4n) is 2.91. The smallest absolute Gasteiger partial charge is 0.191 e. The van der Waals surface area contributed by atoms with E-state index in [0.29, 0.717) is 6.54 Å². The monoisotopic (exact) mass is 490 g/mol.